The second-order valence-electron chi connectivity index (χ2n) is 8.89. The average molecular weight is 455 g/mol. The van der Waals surface area contributed by atoms with Crippen LogP contribution in [0.25, 0.3) is 0 Å². The third-order valence-electron chi connectivity index (χ3n) is 4.51. The molecule has 36 heavy (non-hydrogen) atoms. The third-order valence-corrected chi connectivity index (χ3v) is 4.51. The predicted octanol–water partition coefficient (Wildman–Crippen LogP) is 2.34. The first-order valence-electron chi connectivity index (χ1n) is 11.6. The summed E-state index contributed by atoms with van der Waals surface area (Å²) in [7, 11) is 60.2. The van der Waals surface area contributed by atoms with Crippen LogP contribution in [0.4, 0.5) is 0 Å². The van der Waals surface area contributed by atoms with E-state index in [0.717, 1.165) is 6.42 Å². The molecular weight excluding hydrogens is 428 g/mol. The topological polar surface area (TPSA) is 26.3 Å². The monoisotopic (exact) mass is 456 g/mol. The maximum atomic E-state index is 11.4. The zero-order chi connectivity index (χ0) is 28.1. The minimum atomic E-state index is -1.49. The van der Waals surface area contributed by atoms with Gasteiger partial charge in [-0.25, -0.2) is 0 Å². The highest BCUT2D eigenvalue weighted by Gasteiger charge is 2.18. The molecule has 0 saturated heterocycles. The smallest absolute Gasteiger partial charge is 0.306 e. The summed E-state index contributed by atoms with van der Waals surface area (Å²) >= 11 is 0. The Bertz CT molecular complexity index is 866. The van der Waals surface area contributed by atoms with Gasteiger partial charge in [-0.1, -0.05) is 106 Å². The van der Waals surface area contributed by atoms with E-state index in [0.29, 0.717) is 13.0 Å². The van der Waals surface area contributed by atoms with Crippen molar-refractivity contribution in [1.82, 2.24) is 0 Å². The molecule has 0 atom stereocenters. The van der Waals surface area contributed by atoms with Gasteiger partial charge in [-0.05, 0) is 19.8 Å². The SMILES string of the molecule is [B]C([B])(/C=C\CC)/C=C\C([B])([B])/C=C\C([B])([B])/C=C\C([B])([B])/C=C\C([B])([B])/C=C\CCC(=O)OCC. The first-order chi connectivity index (χ1) is 16.3. The Hall–Kier alpha value is -1.44. The largest absolute Gasteiger partial charge is 0.466 e. The summed E-state index contributed by atoms with van der Waals surface area (Å²) in [5.41, 5.74) is 0. The van der Waals surface area contributed by atoms with E-state index < -0.39 is 26.1 Å². The van der Waals surface area contributed by atoms with Crippen molar-refractivity contribution in [3.8, 4) is 0 Å². The number of allylic oxidation sites excluding steroid dienone is 12. The van der Waals surface area contributed by atoms with Crippen LogP contribution < -0.4 is 0 Å². The van der Waals surface area contributed by atoms with Gasteiger partial charge in [-0.2, -0.15) is 0 Å². The molecule has 20 radical (unpaired) electrons. The molecule has 0 rings (SSSR count). The van der Waals surface area contributed by atoms with Gasteiger partial charge in [-0.3, -0.25) is 4.79 Å². The van der Waals surface area contributed by atoms with Crippen LogP contribution in [0, 0.1) is 0 Å². The van der Waals surface area contributed by atoms with Gasteiger partial charge in [0.05, 0.1) is 85.1 Å². The normalized spacial score (nSPS) is 14.8. The second kappa shape index (κ2) is 15.1. The van der Waals surface area contributed by atoms with E-state index in [9.17, 15) is 4.79 Å². The lowest BCUT2D eigenvalue weighted by atomic mass is 9.47. The maximum Gasteiger partial charge on any atom is 0.306 e. The van der Waals surface area contributed by atoms with Gasteiger partial charge >= 0.3 is 5.97 Å². The van der Waals surface area contributed by atoms with Crippen LogP contribution in [0.15, 0.2) is 72.9 Å². The van der Waals surface area contributed by atoms with Crippen molar-refractivity contribution in [2.45, 2.75) is 59.2 Å². The molecule has 12 heteroatoms. The van der Waals surface area contributed by atoms with Crippen molar-refractivity contribution < 1.29 is 9.53 Å². The number of hydrogen-bond donors (Lipinski definition) is 0. The summed E-state index contributed by atoms with van der Waals surface area (Å²) in [6, 6.07) is 0. The molecule has 0 aromatic heterocycles. The Labute approximate surface area is 232 Å². The van der Waals surface area contributed by atoms with Gasteiger partial charge in [0.2, 0.25) is 0 Å². The van der Waals surface area contributed by atoms with Gasteiger partial charge in [0, 0.05) is 6.42 Å². The van der Waals surface area contributed by atoms with E-state index in [4.69, 9.17) is 83.2 Å². The lowest BCUT2D eigenvalue weighted by molar-refractivity contribution is -0.143. The summed E-state index contributed by atoms with van der Waals surface area (Å²) in [5.74, 6) is -0.306. The maximum absolute atomic E-state index is 11.4. The molecule has 0 spiro atoms. The van der Waals surface area contributed by atoms with Crippen LogP contribution in [-0.4, -0.2) is 91.0 Å². The number of carbonyl (C=O) groups excluding carboxylic acids is 1. The Morgan fingerprint density at radius 1 is 0.556 bits per heavy atom. The van der Waals surface area contributed by atoms with E-state index in [2.05, 4.69) is 0 Å². The zero-order valence-electron chi connectivity index (χ0n) is 21.3. The summed E-state index contributed by atoms with van der Waals surface area (Å²) in [6.07, 6.45) is 19.3. The van der Waals surface area contributed by atoms with Gasteiger partial charge in [0.1, 0.15) is 0 Å². The quantitative estimate of drug-likeness (QED) is 0.216. The highest BCUT2D eigenvalue weighted by Crippen LogP contribution is 2.32. The fraction of sp³-hybridized carbons (Fsp3) is 0.458. The molecule has 0 aliphatic heterocycles. The molecule has 0 aromatic carbocycles. The molecule has 0 aliphatic rings. The van der Waals surface area contributed by atoms with Crippen molar-refractivity contribution in [2.75, 3.05) is 6.61 Å². The molecule has 0 aromatic rings. The van der Waals surface area contributed by atoms with Gasteiger partial charge in [0.15, 0.2) is 0 Å². The average Bonchev–Trinajstić information content (AvgIpc) is 2.76. The lowest BCUT2D eigenvalue weighted by Gasteiger charge is -2.26. The van der Waals surface area contributed by atoms with Crippen LogP contribution in [-0.2, 0) is 9.53 Å². The Morgan fingerprint density at radius 2 is 0.861 bits per heavy atom. The van der Waals surface area contributed by atoms with E-state index in [-0.39, 0.29) is 12.4 Å². The Kier molecular flexibility index (Phi) is 14.5. The number of carbonyl (C=O) groups is 1. The Balaban J connectivity index is 5.20. The first-order valence-corrected chi connectivity index (χ1v) is 11.6. The molecule has 0 fully saturated rings. The predicted molar refractivity (Wildman–Crippen MR) is 162 cm³/mol. The van der Waals surface area contributed by atoms with E-state index in [1.54, 1.807) is 19.1 Å². The minimum Gasteiger partial charge on any atom is -0.466 e. The van der Waals surface area contributed by atoms with Gasteiger partial charge in [0.25, 0.3) is 0 Å². The summed E-state index contributed by atoms with van der Waals surface area (Å²) in [6.45, 7) is 4.01. The molecule has 0 saturated carbocycles. The molecule has 0 N–H and O–H groups in total. The van der Waals surface area contributed by atoms with Crippen LogP contribution in [0.3, 0.4) is 0 Å². The molecule has 0 amide bonds. The van der Waals surface area contributed by atoms with E-state index in [1.807, 2.05) is 13.0 Å². The van der Waals surface area contributed by atoms with Crippen molar-refractivity contribution in [2.24, 2.45) is 0 Å². The molecular formula is C24H26B10O2. The number of hydrogen-bond acceptors (Lipinski definition) is 2. The van der Waals surface area contributed by atoms with E-state index in [1.165, 1.54) is 54.7 Å². The van der Waals surface area contributed by atoms with Gasteiger partial charge < -0.3 is 4.74 Å². The highest BCUT2D eigenvalue weighted by molar-refractivity contribution is 6.47. The molecule has 0 aliphatic carbocycles. The Morgan fingerprint density at radius 3 is 1.17 bits per heavy atom. The fourth-order valence-corrected chi connectivity index (χ4v) is 2.48. The summed E-state index contributed by atoms with van der Waals surface area (Å²) < 4.78 is 4.85. The van der Waals surface area contributed by atoms with Crippen LogP contribution in [0.1, 0.15) is 33.1 Å². The molecule has 2 nitrogen and oxygen atoms in total. The molecule has 0 unspecified atom stereocenters. The zero-order valence-corrected chi connectivity index (χ0v) is 21.3. The second-order valence-corrected chi connectivity index (χ2v) is 8.89. The molecule has 164 valence electrons. The van der Waals surface area contributed by atoms with Crippen molar-refractivity contribution >= 4 is 84.4 Å². The minimum absolute atomic E-state index is 0.213. The highest BCUT2D eigenvalue weighted by atomic mass is 16.5. The van der Waals surface area contributed by atoms with Crippen molar-refractivity contribution in [3.63, 3.8) is 0 Å². The standard InChI is InChI=1S/C24H26B10O2/c1-3-5-9-20(25,26)11-13-22(29,30)15-17-24(33,34)18-16-23(31,32)14-12-21(27,28)10-7-6-8-19(35)36-4-2/h5,7,9-18H,3-4,6,8H2,1-2H3/b9-5-,10-7-,13-11-,14-12-,17-15-,18-16-. The van der Waals surface area contributed by atoms with Crippen LogP contribution in [0.2, 0.25) is 26.1 Å². The van der Waals surface area contributed by atoms with E-state index >= 15 is 0 Å². The third kappa shape index (κ3) is 17.9. The lowest BCUT2D eigenvalue weighted by Crippen LogP contribution is -2.14. The summed E-state index contributed by atoms with van der Waals surface area (Å²) in [4.78, 5) is 11.4. The fourth-order valence-electron chi connectivity index (χ4n) is 2.48. The molecule has 0 heterocycles. The van der Waals surface area contributed by atoms with Gasteiger partial charge in [-0.15, -0.1) is 0 Å². The number of ether oxygens (including phenoxy) is 1. The van der Waals surface area contributed by atoms with Crippen LogP contribution in [0.5, 0.6) is 0 Å². The van der Waals surface area contributed by atoms with Crippen molar-refractivity contribution in [3.05, 3.63) is 72.9 Å². The molecule has 0 bridgehead atoms. The number of esters is 1. The first kappa shape index (κ1) is 34.6. The number of rotatable bonds is 15. The van der Waals surface area contributed by atoms with Crippen LogP contribution >= 0.6 is 0 Å². The van der Waals surface area contributed by atoms with Crippen molar-refractivity contribution in [1.29, 1.82) is 0 Å². The summed E-state index contributed by atoms with van der Waals surface area (Å²) in [5, 5.41) is -6.96.